The molecular weight excluding hydrogens is 459 g/mol. The van der Waals surface area contributed by atoms with Crippen LogP contribution in [0.15, 0.2) is 41.6 Å². The standard InChI is InChI=1S/C21H22F3N5O3S/c1-13-12-29(20(30)27-16-5-7-19(26-10-16)33(3,31)32)14(2)11-28(13)17-6-4-15(9-25)18(8-17)21(22,23)24/h4-8,10,13-14H,11-12H2,1-3H3,(H,27,30)/t13-,14+/m1/s1. The highest BCUT2D eigenvalue weighted by atomic mass is 32.2. The van der Waals surface area contributed by atoms with E-state index in [2.05, 4.69) is 10.3 Å². The molecule has 0 radical (unpaired) electrons. The molecule has 176 valence electrons. The fourth-order valence-electron chi connectivity index (χ4n) is 3.68. The molecule has 0 spiro atoms. The first kappa shape index (κ1) is 24.3. The summed E-state index contributed by atoms with van der Waals surface area (Å²) in [5, 5.41) is 11.6. The van der Waals surface area contributed by atoms with E-state index >= 15 is 0 Å². The number of sulfone groups is 1. The Labute approximate surface area is 189 Å². The van der Waals surface area contributed by atoms with Gasteiger partial charge in [0.05, 0.1) is 29.1 Å². The second-order valence-electron chi connectivity index (χ2n) is 7.93. The van der Waals surface area contributed by atoms with Crippen LogP contribution in [0.25, 0.3) is 0 Å². The molecule has 8 nitrogen and oxygen atoms in total. The summed E-state index contributed by atoms with van der Waals surface area (Å²) in [5.41, 5.74) is -0.800. The van der Waals surface area contributed by atoms with Crippen molar-refractivity contribution in [2.45, 2.75) is 37.1 Å². The lowest BCUT2D eigenvalue weighted by molar-refractivity contribution is -0.137. The molecule has 1 N–H and O–H groups in total. The largest absolute Gasteiger partial charge is 0.417 e. The molecule has 3 rings (SSSR count). The van der Waals surface area contributed by atoms with Gasteiger partial charge in [-0.05, 0) is 44.2 Å². The number of hydrogen-bond acceptors (Lipinski definition) is 6. The zero-order valence-corrected chi connectivity index (χ0v) is 18.9. The predicted octanol–water partition coefficient (Wildman–Crippen LogP) is 3.51. The van der Waals surface area contributed by atoms with Crippen molar-refractivity contribution >= 4 is 27.2 Å². The molecule has 2 aromatic rings. The Morgan fingerprint density at radius 1 is 1.18 bits per heavy atom. The molecule has 2 atom stereocenters. The van der Waals surface area contributed by atoms with E-state index in [4.69, 9.17) is 5.26 Å². The van der Waals surface area contributed by atoms with Crippen LogP contribution in [-0.4, -0.2) is 55.8 Å². The highest BCUT2D eigenvalue weighted by molar-refractivity contribution is 7.90. The second-order valence-corrected chi connectivity index (χ2v) is 9.89. The van der Waals surface area contributed by atoms with Crippen LogP contribution in [0.3, 0.4) is 0 Å². The highest BCUT2D eigenvalue weighted by Gasteiger charge is 2.36. The molecule has 2 amide bonds. The molecule has 0 bridgehead atoms. The van der Waals surface area contributed by atoms with Crippen LogP contribution in [0.1, 0.15) is 25.0 Å². The summed E-state index contributed by atoms with van der Waals surface area (Å²) in [6.07, 6.45) is -2.38. The summed E-state index contributed by atoms with van der Waals surface area (Å²) in [6.45, 7) is 4.09. The van der Waals surface area contributed by atoms with E-state index in [1.807, 2.05) is 0 Å². The van der Waals surface area contributed by atoms with Crippen LogP contribution in [0.4, 0.5) is 29.3 Å². The average molecular weight is 482 g/mol. The molecule has 1 saturated heterocycles. The molecule has 1 fully saturated rings. The Hall–Kier alpha value is -3.33. The van der Waals surface area contributed by atoms with Crippen molar-refractivity contribution < 1.29 is 26.4 Å². The number of nitrogens with zero attached hydrogens (tertiary/aromatic N) is 4. The number of halogens is 3. The zero-order valence-electron chi connectivity index (χ0n) is 18.1. The molecule has 33 heavy (non-hydrogen) atoms. The predicted molar refractivity (Wildman–Crippen MR) is 116 cm³/mol. The van der Waals surface area contributed by atoms with Gasteiger partial charge in [-0.3, -0.25) is 0 Å². The molecular formula is C21H22F3N5O3S. The quantitative estimate of drug-likeness (QED) is 0.719. The third-order valence-corrected chi connectivity index (χ3v) is 6.38. The Bertz CT molecular complexity index is 1190. The third kappa shape index (κ3) is 5.36. The van der Waals surface area contributed by atoms with Gasteiger partial charge in [-0.2, -0.15) is 18.4 Å². The maximum Gasteiger partial charge on any atom is 0.417 e. The lowest BCUT2D eigenvalue weighted by atomic mass is 10.0. The number of piperazine rings is 1. The molecule has 1 aliphatic rings. The summed E-state index contributed by atoms with van der Waals surface area (Å²) in [5.74, 6) is 0. The number of anilines is 2. The van der Waals surface area contributed by atoms with Crippen LogP contribution in [-0.2, 0) is 16.0 Å². The van der Waals surface area contributed by atoms with Gasteiger partial charge in [0.25, 0.3) is 0 Å². The number of alkyl halides is 3. The van der Waals surface area contributed by atoms with Gasteiger partial charge >= 0.3 is 12.2 Å². The maximum absolute atomic E-state index is 13.4. The van der Waals surface area contributed by atoms with Gasteiger partial charge in [0.1, 0.15) is 0 Å². The summed E-state index contributed by atoms with van der Waals surface area (Å²) < 4.78 is 63.1. The normalized spacial score (nSPS) is 19.2. The molecule has 0 unspecified atom stereocenters. The summed E-state index contributed by atoms with van der Waals surface area (Å²) >= 11 is 0. The Kier molecular flexibility index (Phi) is 6.56. The fourth-order valence-corrected chi connectivity index (χ4v) is 4.24. The number of amides is 2. The first-order valence-corrected chi connectivity index (χ1v) is 11.8. The lowest BCUT2D eigenvalue weighted by Crippen LogP contribution is -2.59. The van der Waals surface area contributed by atoms with E-state index in [1.54, 1.807) is 29.7 Å². The molecule has 0 aliphatic carbocycles. The van der Waals surface area contributed by atoms with Crippen LogP contribution < -0.4 is 10.2 Å². The van der Waals surface area contributed by atoms with E-state index in [0.717, 1.165) is 18.4 Å². The van der Waals surface area contributed by atoms with E-state index in [9.17, 15) is 26.4 Å². The Balaban J connectivity index is 1.75. The first-order valence-electron chi connectivity index (χ1n) is 9.93. The lowest BCUT2D eigenvalue weighted by Gasteiger charge is -2.45. The van der Waals surface area contributed by atoms with Gasteiger partial charge in [-0.1, -0.05) is 0 Å². The third-order valence-electron chi connectivity index (χ3n) is 5.37. The minimum Gasteiger partial charge on any atom is -0.365 e. The van der Waals surface area contributed by atoms with Gasteiger partial charge in [0, 0.05) is 37.1 Å². The zero-order chi connectivity index (χ0) is 24.6. The molecule has 12 heteroatoms. The summed E-state index contributed by atoms with van der Waals surface area (Å²) in [6, 6.07) is 6.82. The number of benzene rings is 1. The summed E-state index contributed by atoms with van der Waals surface area (Å²) in [7, 11) is -3.46. The highest BCUT2D eigenvalue weighted by Crippen LogP contribution is 2.35. The van der Waals surface area contributed by atoms with Gasteiger partial charge in [-0.25, -0.2) is 18.2 Å². The monoisotopic (exact) mass is 481 g/mol. The molecule has 1 aliphatic heterocycles. The maximum atomic E-state index is 13.4. The van der Waals surface area contributed by atoms with Crippen LogP contribution in [0.5, 0.6) is 0 Å². The van der Waals surface area contributed by atoms with E-state index in [1.165, 1.54) is 24.4 Å². The fraction of sp³-hybridized carbons (Fsp3) is 0.381. The van der Waals surface area contributed by atoms with Crippen molar-refractivity contribution in [2.75, 3.05) is 29.6 Å². The van der Waals surface area contributed by atoms with Crippen LogP contribution in [0.2, 0.25) is 0 Å². The SMILES string of the molecule is C[C@@H]1CN(C(=O)Nc2ccc(S(C)(=O)=O)nc2)[C@@H](C)CN1c1ccc(C#N)c(C(F)(F)F)c1. The number of rotatable bonds is 3. The van der Waals surface area contributed by atoms with Gasteiger partial charge in [0.15, 0.2) is 14.9 Å². The van der Waals surface area contributed by atoms with E-state index in [0.29, 0.717) is 11.4 Å². The van der Waals surface area contributed by atoms with Crippen molar-refractivity contribution in [3.63, 3.8) is 0 Å². The van der Waals surface area contributed by atoms with Crippen LogP contribution in [0, 0.1) is 11.3 Å². The van der Waals surface area contributed by atoms with Gasteiger partial charge in [-0.15, -0.1) is 0 Å². The van der Waals surface area contributed by atoms with Crippen molar-refractivity contribution in [2.24, 2.45) is 0 Å². The number of nitrogens with one attached hydrogen (secondary N) is 1. The number of urea groups is 1. The Morgan fingerprint density at radius 3 is 2.42 bits per heavy atom. The van der Waals surface area contributed by atoms with Crippen molar-refractivity contribution in [1.82, 2.24) is 9.88 Å². The second kappa shape index (κ2) is 8.90. The number of pyridine rings is 1. The number of carbonyl (C=O) groups is 1. The van der Waals surface area contributed by atoms with Crippen molar-refractivity contribution in [3.8, 4) is 6.07 Å². The Morgan fingerprint density at radius 2 is 1.88 bits per heavy atom. The number of hydrogen-bond donors (Lipinski definition) is 1. The molecule has 1 aromatic carbocycles. The first-order chi connectivity index (χ1) is 15.3. The van der Waals surface area contributed by atoms with Crippen LogP contribution >= 0.6 is 0 Å². The van der Waals surface area contributed by atoms with Gasteiger partial charge < -0.3 is 15.1 Å². The molecule has 2 heterocycles. The van der Waals surface area contributed by atoms with E-state index in [-0.39, 0.29) is 30.2 Å². The summed E-state index contributed by atoms with van der Waals surface area (Å²) in [4.78, 5) is 19.9. The smallest absolute Gasteiger partial charge is 0.365 e. The topological polar surface area (TPSA) is 106 Å². The van der Waals surface area contributed by atoms with Gasteiger partial charge in [0.2, 0.25) is 0 Å². The molecule has 1 aromatic heterocycles. The van der Waals surface area contributed by atoms with E-state index < -0.39 is 33.2 Å². The number of nitriles is 1. The van der Waals surface area contributed by atoms with Crippen molar-refractivity contribution in [3.05, 3.63) is 47.7 Å². The number of aromatic nitrogens is 1. The molecule has 0 saturated carbocycles. The number of carbonyl (C=O) groups excluding carboxylic acids is 1. The average Bonchev–Trinajstić information content (AvgIpc) is 2.73. The van der Waals surface area contributed by atoms with Crippen molar-refractivity contribution in [1.29, 1.82) is 5.26 Å². The minimum absolute atomic E-state index is 0.114. The minimum atomic E-state index is -4.65.